The second-order valence-corrected chi connectivity index (χ2v) is 6.89. The molecule has 0 amide bonds. The Morgan fingerprint density at radius 2 is 1.92 bits per heavy atom. The molecule has 136 valence electrons. The lowest BCUT2D eigenvalue weighted by molar-refractivity contribution is -0.384. The number of piperazine rings is 1. The van der Waals surface area contributed by atoms with Crippen molar-refractivity contribution in [3.05, 3.63) is 33.9 Å². The Kier molecular flexibility index (Phi) is 5.53. The molecule has 1 saturated carbocycles. The molecule has 0 spiro atoms. The van der Waals surface area contributed by atoms with Gasteiger partial charge in [-0.15, -0.1) is 0 Å². The molecule has 0 aromatic heterocycles. The van der Waals surface area contributed by atoms with Crippen molar-refractivity contribution in [2.45, 2.75) is 25.7 Å². The molecule has 25 heavy (non-hydrogen) atoms. The van der Waals surface area contributed by atoms with Crippen LogP contribution in [-0.2, 0) is 4.74 Å². The fourth-order valence-electron chi connectivity index (χ4n) is 3.91. The molecular weight excluding hydrogens is 322 g/mol. The second-order valence-electron chi connectivity index (χ2n) is 6.89. The summed E-state index contributed by atoms with van der Waals surface area (Å²) in [7, 11) is 1.27. The summed E-state index contributed by atoms with van der Waals surface area (Å²) in [5.41, 5.74) is 0.753. The molecule has 1 saturated heterocycles. The summed E-state index contributed by atoms with van der Waals surface area (Å²) >= 11 is 0. The lowest BCUT2D eigenvalue weighted by Gasteiger charge is -2.36. The van der Waals surface area contributed by atoms with Gasteiger partial charge in [0.05, 0.1) is 17.6 Å². The van der Waals surface area contributed by atoms with Crippen LogP contribution in [0, 0.1) is 16.0 Å². The molecule has 1 heterocycles. The highest BCUT2D eigenvalue weighted by Gasteiger charge is 2.26. The van der Waals surface area contributed by atoms with Crippen molar-refractivity contribution in [2.75, 3.05) is 44.7 Å². The minimum Gasteiger partial charge on any atom is -0.465 e. The van der Waals surface area contributed by atoms with Crippen LogP contribution in [-0.4, -0.2) is 55.6 Å². The van der Waals surface area contributed by atoms with Crippen molar-refractivity contribution in [1.29, 1.82) is 0 Å². The van der Waals surface area contributed by atoms with Crippen molar-refractivity contribution < 1.29 is 14.5 Å². The lowest BCUT2D eigenvalue weighted by Crippen LogP contribution is -2.47. The minimum atomic E-state index is -0.559. The largest absolute Gasteiger partial charge is 0.465 e. The van der Waals surface area contributed by atoms with Crippen LogP contribution in [0.25, 0.3) is 0 Å². The van der Waals surface area contributed by atoms with E-state index in [-0.39, 0.29) is 11.3 Å². The molecule has 7 nitrogen and oxygen atoms in total. The molecule has 1 aromatic rings. The smallest absolute Gasteiger partial charge is 0.338 e. The van der Waals surface area contributed by atoms with Crippen LogP contribution < -0.4 is 4.90 Å². The van der Waals surface area contributed by atoms with Gasteiger partial charge in [0, 0.05) is 38.8 Å². The Hall–Kier alpha value is -2.15. The van der Waals surface area contributed by atoms with Gasteiger partial charge in [-0.1, -0.05) is 12.8 Å². The van der Waals surface area contributed by atoms with Gasteiger partial charge >= 0.3 is 5.97 Å². The SMILES string of the molecule is COC(=O)c1ccc(N2CCN(CC3CCCC3)CC2)c([N+](=O)[O-])c1. The number of ether oxygens (including phenoxy) is 1. The second kappa shape index (κ2) is 7.82. The normalized spacial score (nSPS) is 19.2. The Morgan fingerprint density at radius 1 is 1.24 bits per heavy atom. The molecule has 2 aliphatic rings. The number of nitro groups is 1. The number of esters is 1. The van der Waals surface area contributed by atoms with Crippen LogP contribution in [0.15, 0.2) is 18.2 Å². The Balaban J connectivity index is 1.67. The van der Waals surface area contributed by atoms with Crippen LogP contribution in [0.4, 0.5) is 11.4 Å². The Labute approximate surface area is 147 Å². The highest BCUT2D eigenvalue weighted by atomic mass is 16.6. The van der Waals surface area contributed by atoms with E-state index in [1.807, 2.05) is 4.90 Å². The van der Waals surface area contributed by atoms with Crippen molar-refractivity contribution >= 4 is 17.3 Å². The number of hydrogen-bond donors (Lipinski definition) is 0. The van der Waals surface area contributed by atoms with Gasteiger partial charge in [-0.2, -0.15) is 0 Å². The van der Waals surface area contributed by atoms with Gasteiger partial charge in [0.2, 0.25) is 0 Å². The molecule has 0 unspecified atom stereocenters. The molecule has 0 bridgehead atoms. The van der Waals surface area contributed by atoms with Gasteiger partial charge < -0.3 is 9.64 Å². The third kappa shape index (κ3) is 4.10. The van der Waals surface area contributed by atoms with Crippen LogP contribution in [0.2, 0.25) is 0 Å². The van der Waals surface area contributed by atoms with Gasteiger partial charge in [0.25, 0.3) is 5.69 Å². The molecule has 1 aliphatic heterocycles. The maximum atomic E-state index is 11.6. The van der Waals surface area contributed by atoms with Crippen LogP contribution >= 0.6 is 0 Å². The number of rotatable bonds is 5. The van der Waals surface area contributed by atoms with E-state index in [2.05, 4.69) is 9.64 Å². The van der Waals surface area contributed by atoms with E-state index < -0.39 is 10.9 Å². The molecule has 2 fully saturated rings. The fourth-order valence-corrected chi connectivity index (χ4v) is 3.91. The molecule has 0 atom stereocenters. The Bertz CT molecular complexity index is 635. The van der Waals surface area contributed by atoms with E-state index >= 15 is 0 Å². The van der Waals surface area contributed by atoms with Crippen LogP contribution in [0.3, 0.4) is 0 Å². The maximum Gasteiger partial charge on any atom is 0.338 e. The number of benzene rings is 1. The first-order chi connectivity index (χ1) is 12.1. The lowest BCUT2D eigenvalue weighted by atomic mass is 10.1. The number of hydrogen-bond acceptors (Lipinski definition) is 6. The van der Waals surface area contributed by atoms with Gasteiger partial charge in [-0.25, -0.2) is 4.79 Å². The van der Waals surface area contributed by atoms with Gasteiger partial charge in [0.15, 0.2) is 0 Å². The average molecular weight is 347 g/mol. The van der Waals surface area contributed by atoms with E-state index in [1.165, 1.54) is 38.9 Å². The van der Waals surface area contributed by atoms with E-state index in [0.717, 1.165) is 38.6 Å². The minimum absolute atomic E-state index is 0.0351. The first kappa shape index (κ1) is 17.7. The molecule has 3 rings (SSSR count). The Morgan fingerprint density at radius 3 is 2.52 bits per heavy atom. The highest BCUT2D eigenvalue weighted by molar-refractivity contribution is 5.91. The van der Waals surface area contributed by atoms with Gasteiger partial charge in [0.1, 0.15) is 5.69 Å². The summed E-state index contributed by atoms with van der Waals surface area (Å²) in [5, 5.41) is 11.4. The number of anilines is 1. The average Bonchev–Trinajstić information content (AvgIpc) is 3.14. The van der Waals surface area contributed by atoms with E-state index in [1.54, 1.807) is 12.1 Å². The van der Waals surface area contributed by atoms with Crippen molar-refractivity contribution in [3.63, 3.8) is 0 Å². The van der Waals surface area contributed by atoms with Crippen LogP contribution in [0.1, 0.15) is 36.0 Å². The summed E-state index contributed by atoms with van der Waals surface area (Å²) in [6.45, 7) is 4.53. The molecule has 1 aliphatic carbocycles. The third-order valence-corrected chi connectivity index (χ3v) is 5.30. The summed E-state index contributed by atoms with van der Waals surface area (Å²) in [4.78, 5) is 27.2. The summed E-state index contributed by atoms with van der Waals surface area (Å²) in [6.07, 6.45) is 5.37. The predicted molar refractivity (Wildman–Crippen MR) is 95.0 cm³/mol. The first-order valence-corrected chi connectivity index (χ1v) is 8.92. The van der Waals surface area contributed by atoms with E-state index in [0.29, 0.717) is 5.69 Å². The maximum absolute atomic E-state index is 11.6. The van der Waals surface area contributed by atoms with Gasteiger partial charge in [-0.05, 0) is 30.9 Å². The summed E-state index contributed by atoms with van der Waals surface area (Å²) < 4.78 is 4.65. The molecule has 1 aromatic carbocycles. The zero-order chi connectivity index (χ0) is 17.8. The third-order valence-electron chi connectivity index (χ3n) is 5.30. The van der Waals surface area contributed by atoms with Crippen molar-refractivity contribution in [1.82, 2.24) is 4.90 Å². The number of nitro benzene ring substituents is 1. The number of carbonyl (C=O) groups excluding carboxylic acids is 1. The van der Waals surface area contributed by atoms with Gasteiger partial charge in [-0.3, -0.25) is 15.0 Å². The molecular formula is C18H25N3O4. The van der Waals surface area contributed by atoms with Crippen LogP contribution in [0.5, 0.6) is 0 Å². The molecule has 0 radical (unpaired) electrons. The highest BCUT2D eigenvalue weighted by Crippen LogP contribution is 2.31. The molecule has 0 N–H and O–H groups in total. The number of carbonyl (C=O) groups is 1. The fraction of sp³-hybridized carbons (Fsp3) is 0.611. The topological polar surface area (TPSA) is 75.9 Å². The first-order valence-electron chi connectivity index (χ1n) is 8.92. The van der Waals surface area contributed by atoms with Crippen molar-refractivity contribution in [3.8, 4) is 0 Å². The quantitative estimate of drug-likeness (QED) is 0.463. The zero-order valence-corrected chi connectivity index (χ0v) is 14.6. The summed E-state index contributed by atoms with van der Waals surface area (Å²) in [5.74, 6) is 0.260. The zero-order valence-electron chi connectivity index (χ0n) is 14.6. The van der Waals surface area contributed by atoms with E-state index in [4.69, 9.17) is 0 Å². The summed E-state index contributed by atoms with van der Waals surface area (Å²) in [6, 6.07) is 4.57. The molecule has 7 heteroatoms. The number of methoxy groups -OCH3 is 1. The van der Waals surface area contributed by atoms with E-state index in [9.17, 15) is 14.9 Å². The van der Waals surface area contributed by atoms with Crippen molar-refractivity contribution in [2.24, 2.45) is 5.92 Å². The monoisotopic (exact) mass is 347 g/mol. The number of nitrogens with zero attached hydrogens (tertiary/aromatic N) is 3. The standard InChI is InChI=1S/C18H25N3O4/c1-25-18(22)15-6-7-16(17(12-15)21(23)24)20-10-8-19(9-11-20)13-14-4-2-3-5-14/h6-7,12,14H,2-5,8-11,13H2,1H3. The predicted octanol–water partition coefficient (Wildman–Crippen LogP) is 2.69.